The predicted octanol–water partition coefficient (Wildman–Crippen LogP) is 8.45. The van der Waals surface area contributed by atoms with E-state index in [0.29, 0.717) is 11.1 Å². The van der Waals surface area contributed by atoms with Crippen LogP contribution in [0.4, 0.5) is 5.82 Å². The number of Topliss-reactive ketones (excluding diaryl/α,β-unsaturated/α-hetero) is 1. The third kappa shape index (κ3) is 6.26. The summed E-state index contributed by atoms with van der Waals surface area (Å²) in [4.78, 5) is 23.2. The summed E-state index contributed by atoms with van der Waals surface area (Å²) in [5.41, 5.74) is 6.35. The van der Waals surface area contributed by atoms with E-state index >= 15 is 0 Å². The highest BCUT2D eigenvalue weighted by Crippen LogP contribution is 2.45. The van der Waals surface area contributed by atoms with E-state index in [0.717, 1.165) is 85.9 Å². The minimum Gasteiger partial charge on any atom is -0.360 e. The van der Waals surface area contributed by atoms with Gasteiger partial charge in [-0.1, -0.05) is 23.7 Å². The Morgan fingerprint density at radius 3 is 2.29 bits per heavy atom. The minimum absolute atomic E-state index is 0.0314. The number of hydrogen-bond acceptors (Lipinski definition) is 7. The van der Waals surface area contributed by atoms with Gasteiger partial charge in [-0.15, -0.1) is 11.3 Å². The van der Waals surface area contributed by atoms with Gasteiger partial charge in [-0.3, -0.25) is 14.4 Å². The fourth-order valence-corrected chi connectivity index (χ4v) is 7.59. The smallest absolute Gasteiger partial charge is 0.163 e. The van der Waals surface area contributed by atoms with E-state index in [9.17, 15) is 4.79 Å². The van der Waals surface area contributed by atoms with Crippen molar-refractivity contribution in [2.45, 2.75) is 66.2 Å². The molecular formula is C36H42ClN5O2S. The predicted molar refractivity (Wildman–Crippen MR) is 188 cm³/mol. The van der Waals surface area contributed by atoms with Crippen LogP contribution in [0.1, 0.15) is 58.8 Å². The molecule has 1 aliphatic heterocycles. The van der Waals surface area contributed by atoms with E-state index in [1.807, 2.05) is 63.7 Å². The van der Waals surface area contributed by atoms with E-state index in [1.54, 1.807) is 18.3 Å². The average molecular weight is 644 g/mol. The van der Waals surface area contributed by atoms with Crippen LogP contribution in [0.3, 0.4) is 0 Å². The van der Waals surface area contributed by atoms with Crippen molar-refractivity contribution in [2.24, 2.45) is 7.05 Å². The molecule has 0 N–H and O–H groups in total. The van der Waals surface area contributed by atoms with Crippen molar-refractivity contribution < 1.29 is 9.53 Å². The lowest BCUT2D eigenvalue weighted by molar-refractivity contribution is -0.138. The second-order valence-corrected chi connectivity index (χ2v) is 14.8. The second-order valence-electron chi connectivity index (χ2n) is 13.4. The van der Waals surface area contributed by atoms with Crippen molar-refractivity contribution in [1.82, 2.24) is 19.7 Å². The maximum Gasteiger partial charge on any atom is 0.163 e. The molecule has 0 saturated carbocycles. The number of halogens is 1. The van der Waals surface area contributed by atoms with Crippen LogP contribution >= 0.6 is 22.9 Å². The maximum atomic E-state index is 13.1. The number of fused-ring (bicyclic) bond motifs is 2. The van der Waals surface area contributed by atoms with Crippen LogP contribution in [-0.4, -0.2) is 63.3 Å². The van der Waals surface area contributed by atoms with E-state index in [-0.39, 0.29) is 5.78 Å². The van der Waals surface area contributed by atoms with Gasteiger partial charge >= 0.3 is 0 Å². The monoisotopic (exact) mass is 643 g/mol. The first-order valence-electron chi connectivity index (χ1n) is 15.6. The lowest BCUT2D eigenvalue weighted by Crippen LogP contribution is -2.49. The number of benzene rings is 3. The fourth-order valence-electron chi connectivity index (χ4n) is 6.34. The highest BCUT2D eigenvalue weighted by molar-refractivity contribution is 7.22. The van der Waals surface area contributed by atoms with Gasteiger partial charge in [0, 0.05) is 66.4 Å². The summed E-state index contributed by atoms with van der Waals surface area (Å²) in [5, 5.41) is 7.68. The van der Waals surface area contributed by atoms with Gasteiger partial charge in [0.2, 0.25) is 0 Å². The zero-order valence-electron chi connectivity index (χ0n) is 27.4. The number of carbonyl (C=O) groups is 1. The molecule has 0 unspecified atom stereocenters. The zero-order valence-corrected chi connectivity index (χ0v) is 29.0. The van der Waals surface area contributed by atoms with Gasteiger partial charge in [-0.2, -0.15) is 5.10 Å². The molecule has 7 nitrogen and oxygen atoms in total. The Hall–Kier alpha value is -3.30. The number of nitrogens with zero attached hydrogens (tertiary/aromatic N) is 5. The summed E-state index contributed by atoms with van der Waals surface area (Å²) in [6.07, 6.45) is -0.712. The molecule has 1 atom stereocenters. The van der Waals surface area contributed by atoms with E-state index in [1.165, 1.54) is 0 Å². The molecule has 1 saturated heterocycles. The molecule has 45 heavy (non-hydrogen) atoms. The molecule has 0 aliphatic carbocycles. The van der Waals surface area contributed by atoms with E-state index in [4.69, 9.17) is 26.4 Å². The van der Waals surface area contributed by atoms with Gasteiger partial charge in [0.25, 0.3) is 0 Å². The zero-order chi connectivity index (χ0) is 32.2. The summed E-state index contributed by atoms with van der Waals surface area (Å²) in [7, 11) is 2.02. The number of ketones is 1. The Balaban J connectivity index is 1.50. The van der Waals surface area contributed by atoms with E-state index < -0.39 is 11.7 Å². The summed E-state index contributed by atoms with van der Waals surface area (Å²) in [6.45, 7) is 18.1. The summed E-state index contributed by atoms with van der Waals surface area (Å²) < 4.78 is 9.43. The van der Waals surface area contributed by atoms with Crippen LogP contribution in [0.2, 0.25) is 5.02 Å². The summed E-state index contributed by atoms with van der Waals surface area (Å²) >= 11 is 7.96. The number of piperazine rings is 1. The molecule has 5 aromatic rings. The average Bonchev–Trinajstić information content (AvgIpc) is 3.56. The third-order valence-corrected chi connectivity index (χ3v) is 9.98. The highest BCUT2D eigenvalue weighted by atomic mass is 35.5. The normalized spacial score (nSPS) is 15.5. The minimum atomic E-state index is -0.712. The molecule has 2 aromatic heterocycles. The largest absolute Gasteiger partial charge is 0.360 e. The Morgan fingerprint density at radius 2 is 1.67 bits per heavy atom. The van der Waals surface area contributed by atoms with Crippen LogP contribution in [-0.2, 0) is 16.6 Å². The van der Waals surface area contributed by atoms with Crippen molar-refractivity contribution >= 4 is 55.7 Å². The molecule has 0 spiro atoms. The number of ether oxygens (including phenoxy) is 1. The van der Waals surface area contributed by atoms with E-state index in [2.05, 4.69) is 47.9 Å². The van der Waals surface area contributed by atoms with Crippen LogP contribution in [0.25, 0.3) is 42.8 Å². The van der Waals surface area contributed by atoms with Gasteiger partial charge in [0.15, 0.2) is 11.6 Å². The lowest BCUT2D eigenvalue weighted by atomic mass is 9.90. The molecule has 0 amide bonds. The standard InChI is InChI=1S/C36H42ClN5O2S/c1-21(2)41-15-17-42(18-16-41)34-27-20-25(11-14-29(27)40(8)39-34)35-38-28-19-22(3)30(32(23(4)43)44-36(5,6)7)31(33(28)45-35)24-9-12-26(37)13-10-24/h9-14,19-21,32H,15-18H2,1-8H3/t32-/m1/s1. The summed E-state index contributed by atoms with van der Waals surface area (Å²) in [5.74, 6) is 0.999. The maximum absolute atomic E-state index is 13.1. The van der Waals surface area contributed by atoms with Crippen LogP contribution in [0.5, 0.6) is 0 Å². The molecule has 0 radical (unpaired) electrons. The topological polar surface area (TPSA) is 63.5 Å². The first-order chi connectivity index (χ1) is 21.3. The first-order valence-corrected chi connectivity index (χ1v) is 16.8. The van der Waals surface area contributed by atoms with Crippen molar-refractivity contribution in [3.8, 4) is 21.7 Å². The number of aryl methyl sites for hydroxylation is 2. The van der Waals surface area contributed by atoms with Crippen molar-refractivity contribution in [3.63, 3.8) is 0 Å². The SMILES string of the molecule is CC(=O)[C@@H](OC(C)(C)C)c1c(C)cc2nc(-c3ccc4c(c3)c(N3CCN(C(C)C)CC3)nn4C)sc2c1-c1ccc(Cl)cc1. The molecule has 236 valence electrons. The third-order valence-electron chi connectivity index (χ3n) is 8.59. The lowest BCUT2D eigenvalue weighted by Gasteiger charge is -2.37. The van der Waals surface area contributed by atoms with Crippen molar-refractivity contribution in [3.05, 3.63) is 64.7 Å². The molecule has 9 heteroatoms. The Bertz CT molecular complexity index is 1880. The number of aromatic nitrogens is 3. The number of carbonyl (C=O) groups excluding carboxylic acids is 1. The summed E-state index contributed by atoms with van der Waals surface area (Å²) in [6, 6.07) is 17.0. The van der Waals surface area contributed by atoms with Gasteiger partial charge in [0.1, 0.15) is 11.1 Å². The van der Waals surface area contributed by atoms with Gasteiger partial charge in [-0.05, 0) is 96.0 Å². The molecule has 1 aliphatic rings. The van der Waals surface area contributed by atoms with Crippen LogP contribution in [0.15, 0.2) is 48.5 Å². The van der Waals surface area contributed by atoms with Crippen molar-refractivity contribution in [1.29, 1.82) is 0 Å². The Labute approximate surface area is 274 Å². The molecule has 6 rings (SSSR count). The number of rotatable bonds is 7. The molecule has 1 fully saturated rings. The second kappa shape index (κ2) is 12.1. The van der Waals surface area contributed by atoms with Crippen molar-refractivity contribution in [2.75, 3.05) is 31.1 Å². The van der Waals surface area contributed by atoms with Gasteiger partial charge in [0.05, 0.1) is 21.3 Å². The quantitative estimate of drug-likeness (QED) is 0.177. The van der Waals surface area contributed by atoms with Gasteiger partial charge < -0.3 is 9.64 Å². The number of anilines is 1. The molecule has 0 bridgehead atoms. The van der Waals surface area contributed by atoms with Crippen LogP contribution < -0.4 is 4.90 Å². The fraction of sp³-hybridized carbons (Fsp3) is 0.417. The number of hydrogen-bond donors (Lipinski definition) is 0. The highest BCUT2D eigenvalue weighted by Gasteiger charge is 2.31. The Kier molecular flexibility index (Phi) is 8.54. The van der Waals surface area contributed by atoms with Crippen LogP contribution in [0, 0.1) is 6.92 Å². The molecular weight excluding hydrogens is 602 g/mol. The molecule has 3 heterocycles. The first kappa shape index (κ1) is 31.7. The number of thiazole rings is 1. The molecule has 3 aromatic carbocycles. The Morgan fingerprint density at radius 1 is 1.00 bits per heavy atom. The van der Waals surface area contributed by atoms with Gasteiger partial charge in [-0.25, -0.2) is 4.98 Å².